The van der Waals surface area contributed by atoms with Gasteiger partial charge in [0.1, 0.15) is 0 Å². The van der Waals surface area contributed by atoms with Crippen LogP contribution in [-0.4, -0.2) is 44.5 Å². The minimum atomic E-state index is -0.491. The first-order valence-electron chi connectivity index (χ1n) is 7.02. The van der Waals surface area contributed by atoms with Crippen LogP contribution in [0.3, 0.4) is 0 Å². The average Bonchev–Trinajstić information content (AvgIpc) is 2.67. The third-order valence-electron chi connectivity index (χ3n) is 3.55. The van der Waals surface area contributed by atoms with E-state index in [0.29, 0.717) is 18.8 Å². The number of aliphatic hydroxyl groups is 1. The Balaban J connectivity index is 1.89. The lowest BCUT2D eigenvalue weighted by Crippen LogP contribution is -2.32. The number of hydrogen-bond acceptors (Lipinski definition) is 5. The molecule has 3 N–H and O–H groups in total. The third kappa shape index (κ3) is 4.03. The molecule has 6 heteroatoms. The number of hydrogen-bond donors (Lipinski definition) is 2. The summed E-state index contributed by atoms with van der Waals surface area (Å²) in [4.78, 5) is 6.08. The first-order valence-corrected chi connectivity index (χ1v) is 7.02. The standard InChI is InChI=1S/C15H23N5O/c1-11-15(16)12(2)20(18-11)10-14(21)9-19(3)8-13-4-6-17-7-5-13/h4-7,14,21H,8-10,16H2,1-3H3. The zero-order valence-electron chi connectivity index (χ0n) is 12.8. The summed E-state index contributed by atoms with van der Waals surface area (Å²) in [6.45, 7) is 5.59. The molecule has 2 aromatic rings. The van der Waals surface area contributed by atoms with Gasteiger partial charge in [-0.25, -0.2) is 0 Å². The van der Waals surface area contributed by atoms with Crippen molar-refractivity contribution < 1.29 is 5.11 Å². The smallest absolute Gasteiger partial charge is 0.0862 e. The highest BCUT2D eigenvalue weighted by Gasteiger charge is 2.14. The van der Waals surface area contributed by atoms with Crippen LogP contribution in [-0.2, 0) is 13.1 Å². The van der Waals surface area contributed by atoms with Gasteiger partial charge in [-0.05, 0) is 38.6 Å². The predicted octanol–water partition coefficient (Wildman–Crippen LogP) is 0.970. The molecule has 114 valence electrons. The summed E-state index contributed by atoms with van der Waals surface area (Å²) in [7, 11) is 1.99. The highest BCUT2D eigenvalue weighted by Crippen LogP contribution is 2.15. The summed E-state index contributed by atoms with van der Waals surface area (Å²) >= 11 is 0. The van der Waals surface area contributed by atoms with Gasteiger partial charge in [-0.3, -0.25) is 14.6 Å². The summed E-state index contributed by atoms with van der Waals surface area (Å²) in [6, 6.07) is 3.95. The number of anilines is 1. The molecule has 0 bridgehead atoms. The quantitative estimate of drug-likeness (QED) is 0.828. The Kier molecular flexibility index (Phi) is 4.93. The molecular formula is C15H23N5O. The second-order valence-corrected chi connectivity index (χ2v) is 5.47. The van der Waals surface area contributed by atoms with Gasteiger partial charge in [-0.2, -0.15) is 5.10 Å². The first kappa shape index (κ1) is 15.5. The minimum Gasteiger partial charge on any atom is -0.396 e. The number of nitrogens with zero attached hydrogens (tertiary/aromatic N) is 4. The van der Waals surface area contributed by atoms with Gasteiger partial charge >= 0.3 is 0 Å². The van der Waals surface area contributed by atoms with E-state index >= 15 is 0 Å². The van der Waals surface area contributed by atoms with Crippen LogP contribution in [0.5, 0.6) is 0 Å². The van der Waals surface area contributed by atoms with E-state index in [1.807, 2.05) is 33.0 Å². The van der Waals surface area contributed by atoms with Crippen molar-refractivity contribution in [3.05, 3.63) is 41.5 Å². The Labute approximate surface area is 125 Å². The third-order valence-corrected chi connectivity index (χ3v) is 3.55. The van der Waals surface area contributed by atoms with Crippen molar-refractivity contribution in [1.29, 1.82) is 0 Å². The minimum absolute atomic E-state index is 0.449. The van der Waals surface area contributed by atoms with E-state index in [4.69, 9.17) is 5.73 Å². The van der Waals surface area contributed by atoms with Crippen molar-refractivity contribution >= 4 is 5.69 Å². The first-order chi connectivity index (χ1) is 9.97. The molecule has 1 unspecified atom stereocenters. The highest BCUT2D eigenvalue weighted by molar-refractivity contribution is 5.46. The molecule has 0 radical (unpaired) electrons. The zero-order valence-corrected chi connectivity index (χ0v) is 12.8. The number of aliphatic hydroxyl groups excluding tert-OH is 1. The van der Waals surface area contributed by atoms with Crippen LogP contribution in [0.2, 0.25) is 0 Å². The molecule has 0 fully saturated rings. The number of aryl methyl sites for hydroxylation is 1. The largest absolute Gasteiger partial charge is 0.396 e. The Hall–Kier alpha value is -1.92. The fourth-order valence-electron chi connectivity index (χ4n) is 2.37. The molecule has 1 atom stereocenters. The van der Waals surface area contributed by atoms with E-state index < -0.39 is 6.10 Å². The van der Waals surface area contributed by atoms with Gasteiger partial charge in [0, 0.05) is 25.5 Å². The van der Waals surface area contributed by atoms with Crippen molar-refractivity contribution in [3.63, 3.8) is 0 Å². The topological polar surface area (TPSA) is 80.2 Å². The van der Waals surface area contributed by atoms with E-state index in [0.717, 1.165) is 17.9 Å². The van der Waals surface area contributed by atoms with Crippen LogP contribution in [0.4, 0.5) is 5.69 Å². The van der Waals surface area contributed by atoms with Crippen LogP contribution in [0, 0.1) is 13.8 Å². The van der Waals surface area contributed by atoms with E-state index in [2.05, 4.69) is 15.0 Å². The highest BCUT2D eigenvalue weighted by atomic mass is 16.3. The van der Waals surface area contributed by atoms with Crippen molar-refractivity contribution in [1.82, 2.24) is 19.7 Å². The van der Waals surface area contributed by atoms with Gasteiger partial charge in [-0.1, -0.05) is 0 Å². The van der Waals surface area contributed by atoms with Gasteiger partial charge in [-0.15, -0.1) is 0 Å². The normalized spacial score (nSPS) is 12.8. The van der Waals surface area contributed by atoms with Crippen molar-refractivity contribution in [3.8, 4) is 0 Å². The van der Waals surface area contributed by atoms with Gasteiger partial charge < -0.3 is 10.8 Å². The number of nitrogens with two attached hydrogens (primary N) is 1. The molecule has 21 heavy (non-hydrogen) atoms. The second-order valence-electron chi connectivity index (χ2n) is 5.47. The van der Waals surface area contributed by atoms with Crippen LogP contribution in [0.15, 0.2) is 24.5 Å². The van der Waals surface area contributed by atoms with Gasteiger partial charge in [0.15, 0.2) is 0 Å². The van der Waals surface area contributed by atoms with Crippen molar-refractivity contribution in [2.75, 3.05) is 19.3 Å². The second kappa shape index (κ2) is 6.69. The fourth-order valence-corrected chi connectivity index (χ4v) is 2.37. The zero-order chi connectivity index (χ0) is 15.4. The number of nitrogen functional groups attached to an aromatic ring is 1. The molecule has 0 aromatic carbocycles. The van der Waals surface area contributed by atoms with Crippen LogP contribution >= 0.6 is 0 Å². The Bertz CT molecular complexity index is 581. The number of aromatic nitrogens is 3. The molecule has 6 nitrogen and oxygen atoms in total. The summed E-state index contributed by atoms with van der Waals surface area (Å²) in [5.41, 5.74) is 9.49. The molecule has 0 aliphatic heterocycles. The van der Waals surface area contributed by atoms with Crippen LogP contribution < -0.4 is 5.73 Å². The van der Waals surface area contributed by atoms with E-state index in [1.165, 1.54) is 5.56 Å². The maximum Gasteiger partial charge on any atom is 0.0862 e. The number of likely N-dealkylation sites (N-methyl/N-ethyl adjacent to an activating group) is 1. The monoisotopic (exact) mass is 289 g/mol. The van der Waals surface area contributed by atoms with Gasteiger partial charge in [0.05, 0.1) is 29.7 Å². The Morgan fingerprint density at radius 3 is 2.57 bits per heavy atom. The van der Waals surface area contributed by atoms with Crippen LogP contribution in [0.25, 0.3) is 0 Å². The molecular weight excluding hydrogens is 266 g/mol. The molecule has 0 saturated carbocycles. The lowest BCUT2D eigenvalue weighted by atomic mass is 10.2. The van der Waals surface area contributed by atoms with Crippen molar-refractivity contribution in [2.45, 2.75) is 33.0 Å². The number of rotatable bonds is 6. The maximum atomic E-state index is 10.2. The lowest BCUT2D eigenvalue weighted by Gasteiger charge is -2.21. The molecule has 0 aliphatic carbocycles. The SMILES string of the molecule is Cc1nn(CC(O)CN(C)Cc2ccncc2)c(C)c1N. The Morgan fingerprint density at radius 2 is 2.00 bits per heavy atom. The molecule has 2 aromatic heterocycles. The summed E-state index contributed by atoms with van der Waals surface area (Å²) in [5.74, 6) is 0. The summed E-state index contributed by atoms with van der Waals surface area (Å²) in [6.07, 6.45) is 3.06. The van der Waals surface area contributed by atoms with E-state index in [1.54, 1.807) is 17.1 Å². The number of pyridine rings is 1. The van der Waals surface area contributed by atoms with Crippen LogP contribution in [0.1, 0.15) is 17.0 Å². The summed E-state index contributed by atoms with van der Waals surface area (Å²) in [5, 5.41) is 14.6. The molecule has 0 spiro atoms. The van der Waals surface area contributed by atoms with Gasteiger partial charge in [0.2, 0.25) is 0 Å². The predicted molar refractivity (Wildman–Crippen MR) is 82.7 cm³/mol. The van der Waals surface area contributed by atoms with Crippen molar-refractivity contribution in [2.24, 2.45) is 0 Å². The molecule has 0 amide bonds. The molecule has 0 aliphatic rings. The molecule has 0 saturated heterocycles. The van der Waals surface area contributed by atoms with E-state index in [-0.39, 0.29) is 0 Å². The van der Waals surface area contributed by atoms with E-state index in [9.17, 15) is 5.11 Å². The average molecular weight is 289 g/mol. The van der Waals surface area contributed by atoms with Gasteiger partial charge in [0.25, 0.3) is 0 Å². The maximum absolute atomic E-state index is 10.2. The molecule has 2 rings (SSSR count). The lowest BCUT2D eigenvalue weighted by molar-refractivity contribution is 0.103. The molecule has 2 heterocycles. The fraction of sp³-hybridized carbons (Fsp3) is 0.467. The Morgan fingerprint density at radius 1 is 1.33 bits per heavy atom. The summed E-state index contributed by atoms with van der Waals surface area (Å²) < 4.78 is 1.77.